The Balaban J connectivity index is 1.88. The summed E-state index contributed by atoms with van der Waals surface area (Å²) in [6.07, 6.45) is 0.925. The molecule has 22 heavy (non-hydrogen) atoms. The van der Waals surface area contributed by atoms with E-state index < -0.39 is 0 Å². The molecule has 1 aliphatic rings. The highest BCUT2D eigenvalue weighted by Crippen LogP contribution is 2.31. The van der Waals surface area contributed by atoms with Gasteiger partial charge in [0.25, 0.3) is 0 Å². The van der Waals surface area contributed by atoms with Crippen molar-refractivity contribution in [3.63, 3.8) is 0 Å². The van der Waals surface area contributed by atoms with Crippen LogP contribution in [0.15, 0.2) is 42.5 Å². The van der Waals surface area contributed by atoms with E-state index in [2.05, 4.69) is 31.3 Å². The average Bonchev–Trinajstić information content (AvgIpc) is 2.93. The molecular formula is C19H22N2O. The maximum absolute atomic E-state index is 12.7. The van der Waals surface area contributed by atoms with Crippen molar-refractivity contribution in [2.75, 3.05) is 16.8 Å². The molecule has 1 heterocycles. The summed E-state index contributed by atoms with van der Waals surface area (Å²) in [5.74, 6) is 0.376. The first-order valence-corrected chi connectivity index (χ1v) is 7.84. The van der Waals surface area contributed by atoms with E-state index in [1.165, 1.54) is 11.1 Å². The van der Waals surface area contributed by atoms with Crippen LogP contribution < -0.4 is 10.2 Å². The molecule has 3 nitrogen and oxygen atoms in total. The van der Waals surface area contributed by atoms with E-state index in [1.807, 2.05) is 42.2 Å². The Kier molecular flexibility index (Phi) is 3.88. The molecule has 0 fully saturated rings. The minimum absolute atomic E-state index is 0.0406. The predicted molar refractivity (Wildman–Crippen MR) is 91.8 cm³/mol. The zero-order valence-corrected chi connectivity index (χ0v) is 13.4. The zero-order valence-electron chi connectivity index (χ0n) is 13.4. The third-order valence-electron chi connectivity index (χ3n) is 4.29. The van der Waals surface area contributed by atoms with E-state index in [4.69, 9.17) is 0 Å². The minimum atomic E-state index is -0.0406. The molecule has 2 amide bonds. The molecule has 2 aromatic rings. The fourth-order valence-electron chi connectivity index (χ4n) is 3.07. The number of hydrogen-bond acceptors (Lipinski definition) is 1. The van der Waals surface area contributed by atoms with Crippen LogP contribution in [-0.4, -0.2) is 12.6 Å². The van der Waals surface area contributed by atoms with E-state index in [0.717, 1.165) is 29.9 Å². The van der Waals surface area contributed by atoms with Crippen molar-refractivity contribution in [2.24, 2.45) is 0 Å². The number of aryl methyl sites for hydroxylation is 1. The molecule has 0 bridgehead atoms. The van der Waals surface area contributed by atoms with Crippen LogP contribution in [0.2, 0.25) is 0 Å². The summed E-state index contributed by atoms with van der Waals surface area (Å²) < 4.78 is 0. The molecule has 0 aliphatic carbocycles. The first-order chi connectivity index (χ1) is 10.6. The van der Waals surface area contributed by atoms with Crippen molar-refractivity contribution in [3.8, 4) is 0 Å². The fraction of sp³-hybridized carbons (Fsp3) is 0.316. The zero-order chi connectivity index (χ0) is 15.7. The molecule has 0 saturated heterocycles. The Bertz CT molecular complexity index is 706. The van der Waals surface area contributed by atoms with Gasteiger partial charge in [0.2, 0.25) is 0 Å². The van der Waals surface area contributed by atoms with Gasteiger partial charge in [-0.2, -0.15) is 0 Å². The maximum Gasteiger partial charge on any atom is 0.326 e. The first kappa shape index (κ1) is 14.6. The van der Waals surface area contributed by atoms with Gasteiger partial charge in [0.1, 0.15) is 0 Å². The number of amides is 2. The second-order valence-electron chi connectivity index (χ2n) is 6.15. The maximum atomic E-state index is 12.7. The Morgan fingerprint density at radius 2 is 1.91 bits per heavy atom. The summed E-state index contributed by atoms with van der Waals surface area (Å²) in [7, 11) is 0. The van der Waals surface area contributed by atoms with E-state index in [1.54, 1.807) is 0 Å². The lowest BCUT2D eigenvalue weighted by Crippen LogP contribution is -2.33. The largest absolute Gasteiger partial charge is 0.326 e. The van der Waals surface area contributed by atoms with Gasteiger partial charge in [0.15, 0.2) is 0 Å². The highest BCUT2D eigenvalue weighted by atomic mass is 16.2. The Hall–Kier alpha value is -2.29. The topological polar surface area (TPSA) is 32.3 Å². The number of urea groups is 1. The highest BCUT2D eigenvalue weighted by molar-refractivity contribution is 6.04. The van der Waals surface area contributed by atoms with Crippen LogP contribution in [-0.2, 0) is 6.42 Å². The van der Waals surface area contributed by atoms with Crippen molar-refractivity contribution in [3.05, 3.63) is 59.2 Å². The molecule has 3 heteroatoms. The molecule has 0 spiro atoms. The summed E-state index contributed by atoms with van der Waals surface area (Å²) in [4.78, 5) is 14.6. The third-order valence-corrected chi connectivity index (χ3v) is 4.29. The number of carbonyl (C=O) groups is 1. The van der Waals surface area contributed by atoms with E-state index in [-0.39, 0.29) is 6.03 Å². The Morgan fingerprint density at radius 3 is 2.68 bits per heavy atom. The number of anilines is 2. The highest BCUT2D eigenvalue weighted by Gasteiger charge is 2.25. The standard InChI is InChI=1S/C19H22N2O/c1-13(2)16-9-6-7-14(3)18(16)20-19(22)21-12-11-15-8-4-5-10-17(15)21/h4-10,13H,11-12H2,1-3H3,(H,20,22). The van der Waals surface area contributed by atoms with Gasteiger partial charge >= 0.3 is 6.03 Å². The van der Waals surface area contributed by atoms with Gasteiger partial charge in [-0.1, -0.05) is 50.2 Å². The second-order valence-corrected chi connectivity index (χ2v) is 6.15. The van der Waals surface area contributed by atoms with Crippen LogP contribution in [0.4, 0.5) is 16.2 Å². The molecule has 0 atom stereocenters. The summed E-state index contributed by atoms with van der Waals surface area (Å²) >= 11 is 0. The SMILES string of the molecule is Cc1cccc(C(C)C)c1NC(=O)N1CCc2ccccc21. The molecule has 2 aromatic carbocycles. The number of para-hydroxylation sites is 2. The Labute approximate surface area is 132 Å². The molecule has 0 saturated carbocycles. The van der Waals surface area contributed by atoms with Gasteiger partial charge in [-0.15, -0.1) is 0 Å². The van der Waals surface area contributed by atoms with Crippen LogP contribution in [0.3, 0.4) is 0 Å². The molecule has 0 aromatic heterocycles. The molecular weight excluding hydrogens is 272 g/mol. The second kappa shape index (κ2) is 5.84. The molecule has 3 rings (SSSR count). The lowest BCUT2D eigenvalue weighted by molar-refractivity contribution is 0.257. The number of carbonyl (C=O) groups excluding carboxylic acids is 1. The van der Waals surface area contributed by atoms with Crippen LogP contribution in [0.1, 0.15) is 36.5 Å². The number of nitrogens with one attached hydrogen (secondary N) is 1. The smallest absolute Gasteiger partial charge is 0.307 e. The molecule has 0 unspecified atom stereocenters. The fourth-order valence-corrected chi connectivity index (χ4v) is 3.07. The number of hydrogen-bond donors (Lipinski definition) is 1. The lowest BCUT2D eigenvalue weighted by Gasteiger charge is -2.21. The van der Waals surface area contributed by atoms with E-state index >= 15 is 0 Å². The number of fused-ring (bicyclic) bond motifs is 1. The van der Waals surface area contributed by atoms with Crippen molar-refractivity contribution in [1.82, 2.24) is 0 Å². The van der Waals surface area contributed by atoms with Crippen molar-refractivity contribution in [2.45, 2.75) is 33.1 Å². The summed E-state index contributed by atoms with van der Waals surface area (Å²) in [6, 6.07) is 14.3. The van der Waals surface area contributed by atoms with Crippen LogP contribution >= 0.6 is 0 Å². The van der Waals surface area contributed by atoms with Crippen LogP contribution in [0, 0.1) is 6.92 Å². The normalized spacial score (nSPS) is 13.4. The van der Waals surface area contributed by atoms with Crippen molar-refractivity contribution < 1.29 is 4.79 Å². The number of benzene rings is 2. The number of rotatable bonds is 2. The molecule has 1 N–H and O–H groups in total. The van der Waals surface area contributed by atoms with Crippen molar-refractivity contribution in [1.29, 1.82) is 0 Å². The Morgan fingerprint density at radius 1 is 1.14 bits per heavy atom. The monoisotopic (exact) mass is 294 g/mol. The minimum Gasteiger partial charge on any atom is -0.307 e. The van der Waals surface area contributed by atoms with Gasteiger partial charge in [0, 0.05) is 17.9 Å². The summed E-state index contributed by atoms with van der Waals surface area (Å²) in [6.45, 7) is 7.08. The van der Waals surface area contributed by atoms with E-state index in [0.29, 0.717) is 5.92 Å². The summed E-state index contributed by atoms with van der Waals surface area (Å²) in [5.41, 5.74) is 5.51. The molecule has 0 radical (unpaired) electrons. The first-order valence-electron chi connectivity index (χ1n) is 7.84. The number of nitrogens with zero attached hydrogens (tertiary/aromatic N) is 1. The van der Waals surface area contributed by atoms with E-state index in [9.17, 15) is 4.79 Å². The van der Waals surface area contributed by atoms with Gasteiger partial charge in [-0.3, -0.25) is 4.90 Å². The third kappa shape index (κ3) is 2.59. The van der Waals surface area contributed by atoms with Gasteiger partial charge in [0.05, 0.1) is 0 Å². The van der Waals surface area contributed by atoms with Gasteiger partial charge in [-0.05, 0) is 42.0 Å². The quantitative estimate of drug-likeness (QED) is 0.854. The summed E-state index contributed by atoms with van der Waals surface area (Å²) in [5, 5.41) is 3.13. The van der Waals surface area contributed by atoms with Gasteiger partial charge < -0.3 is 5.32 Å². The molecule has 114 valence electrons. The average molecular weight is 294 g/mol. The molecule has 1 aliphatic heterocycles. The van der Waals surface area contributed by atoms with Gasteiger partial charge in [-0.25, -0.2) is 4.79 Å². The predicted octanol–water partition coefficient (Wildman–Crippen LogP) is 4.71. The van der Waals surface area contributed by atoms with Crippen LogP contribution in [0.5, 0.6) is 0 Å². The lowest BCUT2D eigenvalue weighted by atomic mass is 9.98. The van der Waals surface area contributed by atoms with Crippen LogP contribution in [0.25, 0.3) is 0 Å². The van der Waals surface area contributed by atoms with Crippen molar-refractivity contribution >= 4 is 17.4 Å².